The van der Waals surface area contributed by atoms with Crippen LogP contribution in [0.2, 0.25) is 0 Å². The maximum atomic E-state index is 13.4. The van der Waals surface area contributed by atoms with Crippen LogP contribution in [0.4, 0.5) is 10.1 Å². The summed E-state index contributed by atoms with van der Waals surface area (Å²) in [6.45, 7) is -0.218. The van der Waals surface area contributed by atoms with Crippen LogP contribution in [0.25, 0.3) is 0 Å². The molecule has 0 saturated heterocycles. The SMILES string of the molecule is COc1ccc(N(CC(=O)NCCOc2ccc(F)cc2)S(=O)(=O)c2ccccc2)cc1OC. The van der Waals surface area contributed by atoms with Crippen LogP contribution in [-0.2, 0) is 14.8 Å². The van der Waals surface area contributed by atoms with Gasteiger partial charge >= 0.3 is 0 Å². The third-order valence-electron chi connectivity index (χ3n) is 4.78. The first kappa shape index (κ1) is 24.8. The third kappa shape index (κ3) is 6.16. The molecule has 0 heterocycles. The molecule has 3 aromatic rings. The number of hydrogen-bond acceptors (Lipinski definition) is 6. The van der Waals surface area contributed by atoms with Gasteiger partial charge in [0.05, 0.1) is 31.3 Å². The monoisotopic (exact) mass is 488 g/mol. The minimum absolute atomic E-state index is 0.0391. The van der Waals surface area contributed by atoms with Gasteiger partial charge in [-0.3, -0.25) is 9.10 Å². The normalized spacial score (nSPS) is 10.9. The highest BCUT2D eigenvalue weighted by atomic mass is 32.2. The molecule has 0 saturated carbocycles. The lowest BCUT2D eigenvalue weighted by atomic mass is 10.2. The first-order valence-corrected chi connectivity index (χ1v) is 11.7. The van der Waals surface area contributed by atoms with E-state index in [0.717, 1.165) is 4.31 Å². The van der Waals surface area contributed by atoms with Crippen LogP contribution in [0.1, 0.15) is 0 Å². The van der Waals surface area contributed by atoms with E-state index < -0.39 is 22.5 Å². The van der Waals surface area contributed by atoms with E-state index in [1.54, 1.807) is 24.3 Å². The molecule has 3 aromatic carbocycles. The van der Waals surface area contributed by atoms with E-state index in [9.17, 15) is 17.6 Å². The molecule has 0 bridgehead atoms. The molecule has 8 nitrogen and oxygen atoms in total. The lowest BCUT2D eigenvalue weighted by molar-refractivity contribution is -0.119. The van der Waals surface area contributed by atoms with Gasteiger partial charge in [0, 0.05) is 6.07 Å². The number of nitrogens with zero attached hydrogens (tertiary/aromatic N) is 1. The quantitative estimate of drug-likeness (QED) is 0.417. The molecule has 0 radical (unpaired) electrons. The van der Waals surface area contributed by atoms with Gasteiger partial charge in [0.15, 0.2) is 11.5 Å². The number of methoxy groups -OCH3 is 2. The van der Waals surface area contributed by atoms with Crippen molar-refractivity contribution in [3.05, 3.63) is 78.6 Å². The summed E-state index contributed by atoms with van der Waals surface area (Å²) in [5.41, 5.74) is 0.235. The van der Waals surface area contributed by atoms with E-state index in [0.29, 0.717) is 17.2 Å². The number of anilines is 1. The Hall–Kier alpha value is -3.79. The van der Waals surface area contributed by atoms with Crippen LogP contribution >= 0.6 is 0 Å². The summed E-state index contributed by atoms with van der Waals surface area (Å²) in [7, 11) is -1.16. The van der Waals surface area contributed by atoms with Crippen LogP contribution in [0.15, 0.2) is 77.7 Å². The number of halogens is 1. The number of nitrogens with one attached hydrogen (secondary N) is 1. The summed E-state index contributed by atoms with van der Waals surface area (Å²) < 4.78 is 56.7. The van der Waals surface area contributed by atoms with Crippen molar-refractivity contribution in [3.8, 4) is 17.2 Å². The highest BCUT2D eigenvalue weighted by Gasteiger charge is 2.28. The number of carbonyl (C=O) groups excluding carboxylic acids is 1. The fourth-order valence-corrected chi connectivity index (χ4v) is 4.53. The molecular formula is C24H25FN2O6S. The summed E-state index contributed by atoms with van der Waals surface area (Å²) in [6, 6.07) is 17.9. The number of sulfonamides is 1. The van der Waals surface area contributed by atoms with Crippen LogP contribution in [0.3, 0.4) is 0 Å². The fourth-order valence-electron chi connectivity index (χ4n) is 3.09. The van der Waals surface area contributed by atoms with Crippen LogP contribution in [-0.4, -0.2) is 48.2 Å². The number of hydrogen-bond donors (Lipinski definition) is 1. The molecule has 1 amide bonds. The maximum absolute atomic E-state index is 13.4. The Morgan fingerprint density at radius 1 is 0.941 bits per heavy atom. The Bertz CT molecular complexity index is 1200. The highest BCUT2D eigenvalue weighted by molar-refractivity contribution is 7.92. The molecule has 180 valence electrons. The molecule has 34 heavy (non-hydrogen) atoms. The number of benzene rings is 3. The Kier molecular flexibility index (Phi) is 8.31. The van der Waals surface area contributed by atoms with Crippen molar-refractivity contribution in [1.29, 1.82) is 0 Å². The van der Waals surface area contributed by atoms with Crippen molar-refractivity contribution in [1.82, 2.24) is 5.32 Å². The fraction of sp³-hybridized carbons (Fsp3) is 0.208. The Balaban J connectivity index is 1.76. The lowest BCUT2D eigenvalue weighted by Gasteiger charge is -2.25. The lowest BCUT2D eigenvalue weighted by Crippen LogP contribution is -2.41. The third-order valence-corrected chi connectivity index (χ3v) is 6.57. The Labute approximate surface area is 197 Å². The summed E-state index contributed by atoms with van der Waals surface area (Å²) >= 11 is 0. The number of ether oxygens (including phenoxy) is 3. The zero-order valence-electron chi connectivity index (χ0n) is 18.7. The molecular weight excluding hydrogens is 463 g/mol. The smallest absolute Gasteiger partial charge is 0.264 e. The van der Waals surface area contributed by atoms with Crippen molar-refractivity contribution >= 4 is 21.6 Å². The van der Waals surface area contributed by atoms with Gasteiger partial charge < -0.3 is 19.5 Å². The predicted octanol–water partition coefficient (Wildman–Crippen LogP) is 3.23. The second-order valence-electron chi connectivity index (χ2n) is 7.02. The van der Waals surface area contributed by atoms with Gasteiger partial charge in [-0.25, -0.2) is 12.8 Å². The van der Waals surface area contributed by atoms with Crippen molar-refractivity contribution in [2.75, 3.05) is 38.2 Å². The Morgan fingerprint density at radius 2 is 1.62 bits per heavy atom. The first-order chi connectivity index (χ1) is 16.3. The molecule has 0 unspecified atom stereocenters. The number of rotatable bonds is 11. The van der Waals surface area contributed by atoms with Crippen LogP contribution in [0, 0.1) is 5.82 Å². The standard InChI is InChI=1S/C24H25FN2O6S/c1-31-22-13-10-19(16-23(22)32-2)27(34(29,30)21-6-4-3-5-7-21)17-24(28)26-14-15-33-20-11-8-18(25)9-12-20/h3-13,16H,14-15,17H2,1-2H3,(H,26,28). The van der Waals surface area contributed by atoms with Gasteiger partial charge in [-0.05, 0) is 48.5 Å². The summed E-state index contributed by atoms with van der Waals surface area (Å²) in [6.07, 6.45) is 0. The molecule has 0 aliphatic carbocycles. The van der Waals surface area contributed by atoms with Gasteiger partial charge in [0.1, 0.15) is 24.7 Å². The topological polar surface area (TPSA) is 94.2 Å². The maximum Gasteiger partial charge on any atom is 0.264 e. The first-order valence-electron chi connectivity index (χ1n) is 10.3. The molecule has 1 N–H and O–H groups in total. The largest absolute Gasteiger partial charge is 0.493 e. The van der Waals surface area contributed by atoms with Crippen LogP contribution in [0.5, 0.6) is 17.2 Å². The molecule has 0 aliphatic rings. The molecule has 0 aromatic heterocycles. The van der Waals surface area contributed by atoms with Crippen LogP contribution < -0.4 is 23.8 Å². The van der Waals surface area contributed by atoms with E-state index in [1.165, 1.54) is 62.8 Å². The molecule has 0 fully saturated rings. The zero-order valence-corrected chi connectivity index (χ0v) is 19.5. The molecule has 0 spiro atoms. The van der Waals surface area contributed by atoms with Crippen molar-refractivity contribution in [2.45, 2.75) is 4.90 Å². The second-order valence-corrected chi connectivity index (χ2v) is 8.88. The molecule has 10 heteroatoms. The van der Waals surface area contributed by atoms with Gasteiger partial charge in [-0.1, -0.05) is 18.2 Å². The van der Waals surface area contributed by atoms with E-state index in [1.807, 2.05) is 0 Å². The summed E-state index contributed by atoms with van der Waals surface area (Å²) in [5.74, 6) is 0.286. The predicted molar refractivity (Wildman–Crippen MR) is 125 cm³/mol. The molecule has 0 atom stereocenters. The second kappa shape index (κ2) is 11.4. The minimum atomic E-state index is -4.06. The van der Waals surface area contributed by atoms with Gasteiger partial charge in [-0.2, -0.15) is 0 Å². The average Bonchev–Trinajstić information content (AvgIpc) is 2.86. The van der Waals surface area contributed by atoms with E-state index in [-0.39, 0.29) is 29.6 Å². The number of carbonyl (C=O) groups is 1. The van der Waals surface area contributed by atoms with Gasteiger partial charge in [0.2, 0.25) is 5.91 Å². The van der Waals surface area contributed by atoms with Crippen molar-refractivity contribution in [2.24, 2.45) is 0 Å². The van der Waals surface area contributed by atoms with Crippen molar-refractivity contribution in [3.63, 3.8) is 0 Å². The Morgan fingerprint density at radius 3 is 2.26 bits per heavy atom. The molecule has 0 aliphatic heterocycles. The zero-order chi connectivity index (χ0) is 24.6. The van der Waals surface area contributed by atoms with Crippen molar-refractivity contribution < 1.29 is 31.8 Å². The summed E-state index contributed by atoms with van der Waals surface area (Å²) in [4.78, 5) is 12.7. The molecule has 3 rings (SSSR count). The van der Waals surface area contributed by atoms with E-state index in [2.05, 4.69) is 5.32 Å². The van der Waals surface area contributed by atoms with Gasteiger partial charge in [-0.15, -0.1) is 0 Å². The van der Waals surface area contributed by atoms with E-state index in [4.69, 9.17) is 14.2 Å². The van der Waals surface area contributed by atoms with E-state index >= 15 is 0 Å². The number of amides is 1. The highest BCUT2D eigenvalue weighted by Crippen LogP contribution is 2.33. The van der Waals surface area contributed by atoms with Gasteiger partial charge in [0.25, 0.3) is 10.0 Å². The summed E-state index contributed by atoms with van der Waals surface area (Å²) in [5, 5.41) is 2.64. The minimum Gasteiger partial charge on any atom is -0.493 e. The average molecular weight is 489 g/mol.